The number of carbonyl (C=O) groups is 2. The third-order valence-corrected chi connectivity index (χ3v) is 5.25. The molecule has 0 atom stereocenters. The predicted molar refractivity (Wildman–Crippen MR) is 116 cm³/mol. The van der Waals surface area contributed by atoms with Crippen LogP contribution in [0.25, 0.3) is 0 Å². The first-order valence-electron chi connectivity index (χ1n) is 10.7. The zero-order valence-corrected chi connectivity index (χ0v) is 22.1. The number of hydrogen-bond donors (Lipinski definition) is 0. The van der Waals surface area contributed by atoms with E-state index in [2.05, 4.69) is 20.9 Å². The number of rotatable bonds is 12. The van der Waals surface area contributed by atoms with E-state index in [1.165, 1.54) is 43.4 Å². The van der Waals surface area contributed by atoms with Gasteiger partial charge in [0, 0.05) is 25.6 Å². The Morgan fingerprint density at radius 2 is 1.48 bits per heavy atom. The van der Waals surface area contributed by atoms with Crippen molar-refractivity contribution in [2.75, 3.05) is 40.1 Å². The van der Waals surface area contributed by atoms with Gasteiger partial charge in [-0.15, -0.1) is 10.2 Å². The normalized spacial score (nSPS) is 11.4. The van der Waals surface area contributed by atoms with Crippen LogP contribution in [0.2, 0.25) is 0 Å². The van der Waals surface area contributed by atoms with Gasteiger partial charge in [0.15, 0.2) is 5.75 Å². The second kappa shape index (κ2) is 16.3. The maximum absolute atomic E-state index is 13.0. The minimum atomic E-state index is -4.94. The van der Waals surface area contributed by atoms with E-state index in [9.17, 15) is 9.59 Å². The Bertz CT molecular complexity index is 709. The SMILES string of the molecule is CN(C)C(=O)Oc1cccnc1C(=O)[N+](C)(C)CCCCCCCCCCBr.[O-][Cl+3]([O-])([O-])[O-]. The molecule has 0 aromatic carbocycles. The van der Waals surface area contributed by atoms with Crippen molar-refractivity contribution in [3.05, 3.63) is 24.0 Å². The summed E-state index contributed by atoms with van der Waals surface area (Å²) in [5.41, 5.74) is 0.203. The van der Waals surface area contributed by atoms with Crippen molar-refractivity contribution >= 4 is 27.9 Å². The van der Waals surface area contributed by atoms with Crippen molar-refractivity contribution in [3.8, 4) is 5.75 Å². The summed E-state index contributed by atoms with van der Waals surface area (Å²) in [7, 11) is 2.02. The zero-order valence-electron chi connectivity index (χ0n) is 19.8. The number of pyridine rings is 1. The van der Waals surface area contributed by atoms with Crippen LogP contribution in [0.3, 0.4) is 0 Å². The average Bonchev–Trinajstić information content (AvgIpc) is 2.71. The van der Waals surface area contributed by atoms with E-state index in [1.807, 2.05) is 14.1 Å². The number of unbranched alkanes of at least 4 members (excludes halogenated alkanes) is 7. The smallest absolute Gasteiger partial charge is 0.407 e. The van der Waals surface area contributed by atoms with Gasteiger partial charge in [0.2, 0.25) is 5.69 Å². The number of carbonyl (C=O) groups excluding carboxylic acids is 2. The Kier molecular flexibility index (Phi) is 15.7. The first-order chi connectivity index (χ1) is 15.3. The van der Waals surface area contributed by atoms with Gasteiger partial charge in [-0.1, -0.05) is 48.0 Å². The molecule has 0 aliphatic heterocycles. The summed E-state index contributed by atoms with van der Waals surface area (Å²) in [6.07, 6.45) is 10.8. The highest BCUT2D eigenvalue weighted by atomic mass is 79.9. The van der Waals surface area contributed by atoms with E-state index in [1.54, 1.807) is 32.4 Å². The third kappa shape index (κ3) is 16.0. The van der Waals surface area contributed by atoms with Crippen molar-refractivity contribution in [1.82, 2.24) is 9.88 Å². The van der Waals surface area contributed by atoms with Gasteiger partial charge in [-0.3, -0.25) is 4.48 Å². The van der Waals surface area contributed by atoms with Gasteiger partial charge in [-0.05, 0) is 31.4 Å². The lowest BCUT2D eigenvalue weighted by Crippen LogP contribution is -2.68. The fraction of sp³-hybridized carbons (Fsp3) is 0.667. The van der Waals surface area contributed by atoms with Crippen LogP contribution in [0.1, 0.15) is 61.9 Å². The zero-order chi connectivity index (χ0) is 25.5. The number of amides is 2. The van der Waals surface area contributed by atoms with Crippen molar-refractivity contribution in [2.45, 2.75) is 51.4 Å². The first kappa shape index (κ1) is 31.7. The first-order valence-corrected chi connectivity index (χ1v) is 13.0. The quantitative estimate of drug-likeness (QED) is 0.200. The fourth-order valence-corrected chi connectivity index (χ4v) is 3.27. The minimum absolute atomic E-state index is 0.142. The molecule has 0 saturated heterocycles. The van der Waals surface area contributed by atoms with Crippen LogP contribution in [0.4, 0.5) is 4.79 Å². The summed E-state index contributed by atoms with van der Waals surface area (Å²) < 4.78 is 39.5. The Hall–Kier alpha value is -1.34. The van der Waals surface area contributed by atoms with Crippen LogP contribution < -0.4 is 23.4 Å². The maximum Gasteiger partial charge on any atom is 0.414 e. The van der Waals surface area contributed by atoms with Crippen LogP contribution in [0, 0.1) is 10.2 Å². The lowest BCUT2D eigenvalue weighted by atomic mass is 10.1. The summed E-state index contributed by atoms with van der Waals surface area (Å²) in [6.45, 7) is 0.736. The lowest BCUT2D eigenvalue weighted by molar-refractivity contribution is -2.00. The Morgan fingerprint density at radius 1 is 1.00 bits per heavy atom. The molecule has 0 radical (unpaired) electrons. The van der Waals surface area contributed by atoms with Crippen LogP contribution in [0.5, 0.6) is 5.75 Å². The van der Waals surface area contributed by atoms with Gasteiger partial charge in [-0.25, -0.2) is 33.2 Å². The van der Waals surface area contributed by atoms with Crippen LogP contribution in [-0.2, 0) is 0 Å². The van der Waals surface area contributed by atoms with Gasteiger partial charge in [0.1, 0.15) is 0 Å². The van der Waals surface area contributed by atoms with Crippen molar-refractivity contribution < 1.29 is 47.7 Å². The highest BCUT2D eigenvalue weighted by Crippen LogP contribution is 2.21. The van der Waals surface area contributed by atoms with Gasteiger partial charge in [0.25, 0.3) is 0 Å². The number of aromatic nitrogens is 1. The molecule has 0 unspecified atom stereocenters. The number of quaternary nitrogens is 1. The second-order valence-electron chi connectivity index (χ2n) is 8.22. The van der Waals surface area contributed by atoms with E-state index in [-0.39, 0.29) is 21.8 Å². The molecule has 1 rings (SSSR count). The average molecular weight is 557 g/mol. The molecule has 0 N–H and O–H groups in total. The number of halogens is 2. The van der Waals surface area contributed by atoms with Crippen molar-refractivity contribution in [3.63, 3.8) is 0 Å². The van der Waals surface area contributed by atoms with Crippen molar-refractivity contribution in [1.29, 1.82) is 0 Å². The lowest BCUT2D eigenvalue weighted by Gasteiger charge is -2.27. The molecule has 12 heteroatoms. The largest absolute Gasteiger partial charge is 0.414 e. The fourth-order valence-electron chi connectivity index (χ4n) is 2.87. The van der Waals surface area contributed by atoms with E-state index >= 15 is 0 Å². The number of alkyl halides is 1. The van der Waals surface area contributed by atoms with E-state index in [0.29, 0.717) is 0 Å². The molecule has 10 nitrogen and oxygen atoms in total. The molecule has 33 heavy (non-hydrogen) atoms. The summed E-state index contributed by atoms with van der Waals surface area (Å²) in [5.74, 6) is 0.0674. The molecule has 0 fully saturated rings. The molecule has 2 amide bonds. The summed E-state index contributed by atoms with van der Waals surface area (Å²) in [6, 6.07) is 3.27. The Labute approximate surface area is 206 Å². The maximum atomic E-state index is 13.0. The molecule has 0 aliphatic rings. The second-order valence-corrected chi connectivity index (χ2v) is 9.77. The summed E-state index contributed by atoms with van der Waals surface area (Å²) in [4.78, 5) is 30.4. The van der Waals surface area contributed by atoms with Crippen LogP contribution in [-0.4, -0.2) is 66.4 Å². The molecule has 0 spiro atoms. The van der Waals surface area contributed by atoms with Crippen molar-refractivity contribution in [2.24, 2.45) is 0 Å². The van der Waals surface area contributed by atoms with Gasteiger partial charge in [-0.2, -0.15) is 0 Å². The van der Waals surface area contributed by atoms with Crippen LogP contribution in [0.15, 0.2) is 18.3 Å². The summed E-state index contributed by atoms with van der Waals surface area (Å²) in [5, 5.41) is 1.10. The molecular formula is C21H35BrClN3O7. The summed E-state index contributed by atoms with van der Waals surface area (Å²) >= 11 is 3.46. The number of hydrogen-bond acceptors (Lipinski definition) is 8. The van der Waals surface area contributed by atoms with E-state index in [4.69, 9.17) is 23.4 Å². The molecule has 1 aromatic heterocycles. The Morgan fingerprint density at radius 3 is 1.97 bits per heavy atom. The molecule has 1 heterocycles. The van der Waals surface area contributed by atoms with E-state index in [0.717, 1.165) is 24.7 Å². The molecule has 0 bridgehead atoms. The predicted octanol–water partition coefficient (Wildman–Crippen LogP) is 0.118. The molecular weight excluding hydrogens is 522 g/mol. The molecule has 190 valence electrons. The highest BCUT2D eigenvalue weighted by molar-refractivity contribution is 9.09. The minimum Gasteiger partial charge on any atom is -0.407 e. The highest BCUT2D eigenvalue weighted by Gasteiger charge is 2.32. The standard InChI is InChI=1S/C21H35BrN3O3.ClHO4/c1-24(2)21(27)28-18-14-13-16-23-19(18)20(26)25(3,4)17-12-10-8-6-5-7-9-11-15-22;2-1(3,4)5/h13-14,16H,5-12,15,17H2,1-4H3;(H,2,3,4,5)/q+1;/p-1. The number of ether oxygens (including phenoxy) is 1. The van der Waals surface area contributed by atoms with Crippen LogP contribution >= 0.6 is 15.9 Å². The molecule has 1 aromatic rings. The van der Waals surface area contributed by atoms with Gasteiger partial charge < -0.3 is 9.64 Å². The third-order valence-electron chi connectivity index (χ3n) is 4.69. The monoisotopic (exact) mass is 555 g/mol. The van der Waals surface area contributed by atoms with Gasteiger partial charge >= 0.3 is 12.0 Å². The molecule has 0 aliphatic carbocycles. The molecule has 0 saturated carbocycles. The van der Waals surface area contributed by atoms with E-state index < -0.39 is 16.3 Å². The number of nitrogens with zero attached hydrogens (tertiary/aromatic N) is 3. The topological polar surface area (TPSA) is 152 Å². The Balaban J connectivity index is 0.00000184. The van der Waals surface area contributed by atoms with Gasteiger partial charge in [0.05, 0.1) is 20.6 Å².